The number of anilines is 2. The van der Waals surface area contributed by atoms with Gasteiger partial charge in [0.1, 0.15) is 12.6 Å². The van der Waals surface area contributed by atoms with E-state index in [1.165, 1.54) is 0 Å². The molecule has 4 N–H and O–H groups in total. The van der Waals surface area contributed by atoms with Crippen LogP contribution in [0.1, 0.15) is 12.8 Å². The first-order chi connectivity index (χ1) is 9.54. The number of carboxylic acid groups (broad SMARTS) is 1. The van der Waals surface area contributed by atoms with Crippen LogP contribution in [0.15, 0.2) is 24.3 Å². The number of imide groups is 1. The first kappa shape index (κ1) is 13.9. The number of piperidine rings is 1. The molecule has 20 heavy (non-hydrogen) atoms. The maximum absolute atomic E-state index is 11.6. The van der Waals surface area contributed by atoms with Gasteiger partial charge in [-0.25, -0.2) is 0 Å². The van der Waals surface area contributed by atoms with Crippen molar-refractivity contribution in [2.45, 2.75) is 18.9 Å². The summed E-state index contributed by atoms with van der Waals surface area (Å²) in [7, 11) is 0. The van der Waals surface area contributed by atoms with E-state index in [-0.39, 0.29) is 18.4 Å². The monoisotopic (exact) mass is 277 g/mol. The van der Waals surface area contributed by atoms with Crippen molar-refractivity contribution in [2.24, 2.45) is 0 Å². The molecule has 1 atom stereocenters. The number of carboxylic acids is 1. The lowest BCUT2D eigenvalue weighted by Gasteiger charge is -2.23. The van der Waals surface area contributed by atoms with Gasteiger partial charge in [-0.3, -0.25) is 19.7 Å². The van der Waals surface area contributed by atoms with Gasteiger partial charge in [-0.1, -0.05) is 6.07 Å². The lowest BCUT2D eigenvalue weighted by molar-refractivity contribution is -0.135. The van der Waals surface area contributed by atoms with Crippen LogP contribution in [0.4, 0.5) is 11.4 Å². The van der Waals surface area contributed by atoms with Gasteiger partial charge in [0.2, 0.25) is 11.8 Å². The third-order valence-corrected chi connectivity index (χ3v) is 2.89. The van der Waals surface area contributed by atoms with Crippen LogP contribution in [0.3, 0.4) is 0 Å². The quantitative estimate of drug-likeness (QED) is 0.580. The van der Waals surface area contributed by atoms with Crippen molar-refractivity contribution >= 4 is 29.2 Å². The summed E-state index contributed by atoms with van der Waals surface area (Å²) in [6, 6.07) is 6.52. The molecule has 0 spiro atoms. The molecule has 2 amide bonds. The molecule has 0 saturated carbocycles. The van der Waals surface area contributed by atoms with Gasteiger partial charge in [0.15, 0.2) is 0 Å². The Balaban J connectivity index is 1.98. The minimum atomic E-state index is -0.950. The van der Waals surface area contributed by atoms with Crippen LogP contribution in [0.25, 0.3) is 0 Å². The summed E-state index contributed by atoms with van der Waals surface area (Å²) in [6.45, 7) is -0.179. The number of benzene rings is 1. The summed E-state index contributed by atoms with van der Waals surface area (Å²) in [6.07, 6.45) is 0.748. The van der Waals surface area contributed by atoms with Gasteiger partial charge in [-0.2, -0.15) is 0 Å². The molecule has 1 aliphatic heterocycles. The van der Waals surface area contributed by atoms with E-state index in [0.29, 0.717) is 24.2 Å². The fraction of sp³-hybridized carbons (Fsp3) is 0.308. The third kappa shape index (κ3) is 3.71. The number of carbonyl (C=O) groups is 3. The van der Waals surface area contributed by atoms with E-state index in [9.17, 15) is 14.4 Å². The van der Waals surface area contributed by atoms with Gasteiger partial charge in [0.05, 0.1) is 0 Å². The van der Waals surface area contributed by atoms with Gasteiger partial charge in [-0.15, -0.1) is 0 Å². The van der Waals surface area contributed by atoms with Crippen LogP contribution in [0.2, 0.25) is 0 Å². The molecule has 7 nitrogen and oxygen atoms in total. The minimum Gasteiger partial charge on any atom is -0.480 e. The molecular formula is C13H15N3O4. The Morgan fingerprint density at radius 1 is 1.35 bits per heavy atom. The number of hydrogen-bond donors (Lipinski definition) is 4. The summed E-state index contributed by atoms with van der Waals surface area (Å²) in [4.78, 5) is 33.2. The predicted molar refractivity (Wildman–Crippen MR) is 72.4 cm³/mol. The molecule has 1 aliphatic rings. The van der Waals surface area contributed by atoms with E-state index >= 15 is 0 Å². The number of aliphatic carboxylic acids is 1. The third-order valence-electron chi connectivity index (χ3n) is 2.89. The predicted octanol–water partition coefficient (Wildman–Crippen LogP) is 0.400. The summed E-state index contributed by atoms with van der Waals surface area (Å²) >= 11 is 0. The number of nitrogens with one attached hydrogen (secondary N) is 3. The molecule has 0 aliphatic carbocycles. The Kier molecular flexibility index (Phi) is 4.19. The number of hydrogen-bond acceptors (Lipinski definition) is 5. The Hall–Kier alpha value is -2.57. The molecular weight excluding hydrogens is 262 g/mol. The molecule has 0 radical (unpaired) electrons. The summed E-state index contributed by atoms with van der Waals surface area (Å²) in [5.74, 6) is -1.55. The molecule has 106 valence electrons. The highest BCUT2D eigenvalue weighted by Gasteiger charge is 2.26. The van der Waals surface area contributed by atoms with Crippen molar-refractivity contribution < 1.29 is 19.5 Å². The van der Waals surface area contributed by atoms with E-state index in [1.807, 2.05) is 0 Å². The summed E-state index contributed by atoms with van der Waals surface area (Å²) in [5, 5.41) is 16.6. The highest BCUT2D eigenvalue weighted by Crippen LogP contribution is 2.18. The lowest BCUT2D eigenvalue weighted by Crippen LogP contribution is -2.47. The van der Waals surface area contributed by atoms with Crippen LogP contribution < -0.4 is 16.0 Å². The normalized spacial score (nSPS) is 18.3. The van der Waals surface area contributed by atoms with Crippen molar-refractivity contribution in [1.29, 1.82) is 0 Å². The van der Waals surface area contributed by atoms with Gasteiger partial charge < -0.3 is 15.7 Å². The fourth-order valence-corrected chi connectivity index (χ4v) is 1.93. The average Bonchev–Trinajstić information content (AvgIpc) is 2.40. The van der Waals surface area contributed by atoms with E-state index in [0.717, 1.165) is 0 Å². The second-order valence-corrected chi connectivity index (χ2v) is 4.48. The van der Waals surface area contributed by atoms with Gasteiger partial charge in [-0.05, 0) is 24.6 Å². The Morgan fingerprint density at radius 2 is 2.10 bits per heavy atom. The van der Waals surface area contributed by atoms with Crippen LogP contribution >= 0.6 is 0 Å². The summed E-state index contributed by atoms with van der Waals surface area (Å²) < 4.78 is 0. The minimum absolute atomic E-state index is 0.179. The van der Waals surface area contributed by atoms with Gasteiger partial charge >= 0.3 is 5.97 Å². The average molecular weight is 277 g/mol. The first-order valence-corrected chi connectivity index (χ1v) is 6.20. The molecule has 0 aromatic heterocycles. The van der Waals surface area contributed by atoms with Gasteiger partial charge in [0.25, 0.3) is 0 Å². The SMILES string of the molecule is O=C(O)CNc1cccc(NC2CCC(=O)NC2=O)c1. The van der Waals surface area contributed by atoms with E-state index in [1.54, 1.807) is 24.3 Å². The van der Waals surface area contributed by atoms with E-state index in [4.69, 9.17) is 5.11 Å². The second kappa shape index (κ2) is 6.05. The second-order valence-electron chi connectivity index (χ2n) is 4.48. The van der Waals surface area contributed by atoms with Crippen molar-refractivity contribution in [2.75, 3.05) is 17.2 Å². The highest BCUT2D eigenvalue weighted by atomic mass is 16.4. The fourth-order valence-electron chi connectivity index (χ4n) is 1.93. The molecule has 7 heteroatoms. The van der Waals surface area contributed by atoms with Crippen LogP contribution in [0, 0.1) is 0 Å². The van der Waals surface area contributed by atoms with E-state index < -0.39 is 12.0 Å². The molecule has 1 unspecified atom stereocenters. The zero-order valence-corrected chi connectivity index (χ0v) is 10.7. The Bertz CT molecular complexity index is 544. The number of carbonyl (C=O) groups excluding carboxylic acids is 2. The summed E-state index contributed by atoms with van der Waals surface area (Å²) in [5.41, 5.74) is 1.33. The van der Waals surface area contributed by atoms with Crippen molar-refractivity contribution in [3.05, 3.63) is 24.3 Å². The molecule has 1 aromatic rings. The zero-order valence-electron chi connectivity index (χ0n) is 10.7. The molecule has 0 bridgehead atoms. The Labute approximate surface area is 115 Å². The van der Waals surface area contributed by atoms with Crippen molar-refractivity contribution in [3.63, 3.8) is 0 Å². The largest absolute Gasteiger partial charge is 0.480 e. The van der Waals surface area contributed by atoms with Crippen LogP contribution in [0.5, 0.6) is 0 Å². The highest BCUT2D eigenvalue weighted by molar-refractivity contribution is 6.01. The molecule has 1 heterocycles. The molecule has 2 rings (SSSR count). The number of amides is 2. The lowest BCUT2D eigenvalue weighted by atomic mass is 10.1. The standard InChI is InChI=1S/C13H15N3O4/c17-11-5-4-10(13(20)16-11)15-9-3-1-2-8(6-9)14-7-12(18)19/h1-3,6,10,14-15H,4-5,7H2,(H,18,19)(H,16,17,20). The zero-order chi connectivity index (χ0) is 14.5. The van der Waals surface area contributed by atoms with Crippen LogP contribution in [-0.2, 0) is 14.4 Å². The maximum atomic E-state index is 11.6. The van der Waals surface area contributed by atoms with Crippen molar-refractivity contribution in [1.82, 2.24) is 5.32 Å². The molecule has 1 aromatic carbocycles. The van der Waals surface area contributed by atoms with Crippen molar-refractivity contribution in [3.8, 4) is 0 Å². The van der Waals surface area contributed by atoms with Gasteiger partial charge in [0, 0.05) is 17.8 Å². The first-order valence-electron chi connectivity index (χ1n) is 6.20. The maximum Gasteiger partial charge on any atom is 0.322 e. The number of rotatable bonds is 5. The van der Waals surface area contributed by atoms with E-state index in [2.05, 4.69) is 16.0 Å². The van der Waals surface area contributed by atoms with Crippen LogP contribution in [-0.4, -0.2) is 35.5 Å². The Morgan fingerprint density at radius 3 is 2.80 bits per heavy atom. The topological polar surface area (TPSA) is 108 Å². The molecule has 1 saturated heterocycles. The smallest absolute Gasteiger partial charge is 0.322 e. The molecule has 1 fully saturated rings.